The Bertz CT molecular complexity index is 686. The Morgan fingerprint density at radius 2 is 1.80 bits per heavy atom. The van der Waals surface area contributed by atoms with Crippen LogP contribution in [0.3, 0.4) is 0 Å². The number of esters is 1. The monoisotopic (exact) mass is 348 g/mol. The van der Waals surface area contributed by atoms with Gasteiger partial charge in [-0.3, -0.25) is 9.59 Å². The summed E-state index contributed by atoms with van der Waals surface area (Å²) in [4.78, 5) is 42.2. The van der Waals surface area contributed by atoms with Crippen LogP contribution in [0.5, 0.6) is 0 Å². The van der Waals surface area contributed by atoms with Gasteiger partial charge in [0.25, 0.3) is 0 Å². The maximum Gasteiger partial charge on any atom is 0.354 e. The molecule has 6 heteroatoms. The van der Waals surface area contributed by atoms with E-state index in [1.54, 1.807) is 25.7 Å². The summed E-state index contributed by atoms with van der Waals surface area (Å²) in [5, 5.41) is 0. The summed E-state index contributed by atoms with van der Waals surface area (Å²) in [6.07, 6.45) is 2.22. The second-order valence-corrected chi connectivity index (χ2v) is 7.25. The predicted molar refractivity (Wildman–Crippen MR) is 94.7 cm³/mol. The molecule has 0 aromatic carbocycles. The van der Waals surface area contributed by atoms with Crippen molar-refractivity contribution in [3.8, 4) is 0 Å². The van der Waals surface area contributed by atoms with Gasteiger partial charge in [0, 0.05) is 23.7 Å². The van der Waals surface area contributed by atoms with Gasteiger partial charge in [0.1, 0.15) is 5.69 Å². The number of ether oxygens (including phenoxy) is 1. The molecule has 1 atom stereocenters. The van der Waals surface area contributed by atoms with Gasteiger partial charge in [-0.05, 0) is 45.1 Å². The highest BCUT2D eigenvalue weighted by Gasteiger charge is 2.35. The molecule has 1 amide bonds. The molecule has 0 aliphatic heterocycles. The number of hydrogen-bond donors (Lipinski definition) is 1. The Morgan fingerprint density at radius 3 is 2.28 bits per heavy atom. The van der Waals surface area contributed by atoms with E-state index in [-0.39, 0.29) is 17.6 Å². The quantitative estimate of drug-likeness (QED) is 0.607. The van der Waals surface area contributed by atoms with Crippen LogP contribution in [-0.4, -0.2) is 47.2 Å². The first-order valence-corrected chi connectivity index (χ1v) is 8.81. The molecule has 0 radical (unpaired) electrons. The Labute approximate surface area is 148 Å². The van der Waals surface area contributed by atoms with Gasteiger partial charge in [-0.2, -0.15) is 0 Å². The molecule has 1 saturated carbocycles. The summed E-state index contributed by atoms with van der Waals surface area (Å²) in [7, 11) is 1.31. The van der Waals surface area contributed by atoms with Crippen LogP contribution in [-0.2, 0) is 9.53 Å². The molecule has 1 aliphatic carbocycles. The number of nitrogens with zero attached hydrogens (tertiary/aromatic N) is 1. The van der Waals surface area contributed by atoms with Crippen molar-refractivity contribution >= 4 is 17.7 Å². The first kappa shape index (κ1) is 19.2. The second kappa shape index (κ2) is 7.42. The van der Waals surface area contributed by atoms with E-state index in [9.17, 15) is 14.4 Å². The van der Waals surface area contributed by atoms with Crippen LogP contribution in [0.4, 0.5) is 0 Å². The van der Waals surface area contributed by atoms with Gasteiger partial charge in [-0.25, -0.2) is 4.79 Å². The maximum atomic E-state index is 13.1. The van der Waals surface area contributed by atoms with Gasteiger partial charge in [0.15, 0.2) is 5.78 Å². The standard InChI is InChI=1S/C19H28N2O4/c1-10(2)18(23)21(9-14-7-8-14)13(5)17(22)15-11(3)16(19(24)25-6)20-12(15)4/h10,13-14,20H,7-9H2,1-6H3/t13-/m1/s1. The number of hydrogen-bond acceptors (Lipinski definition) is 4. The lowest BCUT2D eigenvalue weighted by Gasteiger charge is -2.30. The molecule has 6 nitrogen and oxygen atoms in total. The highest BCUT2D eigenvalue weighted by molar-refractivity contribution is 6.06. The minimum absolute atomic E-state index is 0.00761. The maximum absolute atomic E-state index is 13.1. The summed E-state index contributed by atoms with van der Waals surface area (Å²) >= 11 is 0. The number of rotatable bonds is 7. The van der Waals surface area contributed by atoms with Crippen molar-refractivity contribution in [3.05, 3.63) is 22.5 Å². The number of H-pyrrole nitrogens is 1. The van der Waals surface area contributed by atoms with Gasteiger partial charge >= 0.3 is 5.97 Å². The fraction of sp³-hybridized carbons (Fsp3) is 0.632. The normalized spacial score (nSPS) is 15.2. The van der Waals surface area contributed by atoms with Crippen LogP contribution in [0.15, 0.2) is 0 Å². The second-order valence-electron chi connectivity index (χ2n) is 7.25. The highest BCUT2D eigenvalue weighted by Crippen LogP contribution is 2.31. The first-order valence-electron chi connectivity index (χ1n) is 8.81. The lowest BCUT2D eigenvalue weighted by atomic mass is 9.98. The molecule has 2 rings (SSSR count). The largest absolute Gasteiger partial charge is 0.464 e. The van der Waals surface area contributed by atoms with E-state index < -0.39 is 12.0 Å². The van der Waals surface area contributed by atoms with Gasteiger partial charge in [0.2, 0.25) is 5.91 Å². The summed E-state index contributed by atoms with van der Waals surface area (Å²) in [5.74, 6) is -0.312. The number of aromatic amines is 1. The fourth-order valence-electron chi connectivity index (χ4n) is 3.13. The fourth-order valence-corrected chi connectivity index (χ4v) is 3.13. The van der Waals surface area contributed by atoms with Crippen LogP contribution in [0.25, 0.3) is 0 Å². The van der Waals surface area contributed by atoms with Crippen molar-refractivity contribution < 1.29 is 19.1 Å². The third kappa shape index (κ3) is 3.94. The highest BCUT2D eigenvalue weighted by atomic mass is 16.5. The zero-order valence-electron chi connectivity index (χ0n) is 15.9. The number of nitrogens with one attached hydrogen (secondary N) is 1. The van der Waals surface area contributed by atoms with Gasteiger partial charge in [-0.1, -0.05) is 13.8 Å². The number of Topliss-reactive ketones (excluding diaryl/α,β-unsaturated/α-hetero) is 1. The zero-order valence-corrected chi connectivity index (χ0v) is 15.9. The van der Waals surface area contributed by atoms with Crippen LogP contribution in [0, 0.1) is 25.7 Å². The Balaban J connectivity index is 2.32. The molecule has 0 bridgehead atoms. The topological polar surface area (TPSA) is 79.5 Å². The Kier molecular flexibility index (Phi) is 5.70. The van der Waals surface area contributed by atoms with Crippen LogP contribution in [0.1, 0.15) is 65.7 Å². The van der Waals surface area contributed by atoms with Crippen molar-refractivity contribution in [3.63, 3.8) is 0 Å². The van der Waals surface area contributed by atoms with E-state index in [1.807, 2.05) is 13.8 Å². The van der Waals surface area contributed by atoms with Gasteiger partial charge < -0.3 is 14.6 Å². The van der Waals surface area contributed by atoms with Crippen LogP contribution >= 0.6 is 0 Å². The van der Waals surface area contributed by atoms with Crippen molar-refractivity contribution in [2.45, 2.75) is 53.5 Å². The summed E-state index contributed by atoms with van der Waals surface area (Å²) in [6, 6.07) is -0.561. The smallest absolute Gasteiger partial charge is 0.354 e. The first-order chi connectivity index (χ1) is 11.7. The third-order valence-electron chi connectivity index (χ3n) is 4.85. The summed E-state index contributed by atoms with van der Waals surface area (Å²) < 4.78 is 4.76. The minimum atomic E-state index is -0.561. The molecule has 0 unspecified atom stereocenters. The van der Waals surface area contributed by atoms with E-state index >= 15 is 0 Å². The van der Waals surface area contributed by atoms with Crippen LogP contribution in [0.2, 0.25) is 0 Å². The van der Waals surface area contributed by atoms with E-state index in [1.165, 1.54) is 7.11 Å². The lowest BCUT2D eigenvalue weighted by Crippen LogP contribution is -2.46. The van der Waals surface area contributed by atoms with E-state index in [0.29, 0.717) is 35.0 Å². The van der Waals surface area contributed by atoms with E-state index in [4.69, 9.17) is 4.74 Å². The lowest BCUT2D eigenvalue weighted by molar-refractivity contribution is -0.136. The number of aromatic nitrogens is 1. The number of aryl methyl sites for hydroxylation is 1. The molecule has 138 valence electrons. The molecular weight excluding hydrogens is 320 g/mol. The molecule has 1 fully saturated rings. The van der Waals surface area contributed by atoms with Crippen molar-refractivity contribution in [2.24, 2.45) is 11.8 Å². The van der Waals surface area contributed by atoms with Gasteiger partial charge in [-0.15, -0.1) is 0 Å². The molecule has 1 heterocycles. The molecule has 25 heavy (non-hydrogen) atoms. The molecule has 1 aromatic rings. The number of carbonyl (C=O) groups excluding carboxylic acids is 3. The molecule has 0 spiro atoms. The molecule has 1 N–H and O–H groups in total. The Morgan fingerprint density at radius 1 is 1.20 bits per heavy atom. The van der Waals surface area contributed by atoms with E-state index in [0.717, 1.165) is 12.8 Å². The minimum Gasteiger partial charge on any atom is -0.464 e. The SMILES string of the molecule is COC(=O)c1[nH]c(C)c(C(=O)[C@@H](C)N(CC2CC2)C(=O)C(C)C)c1C. The average molecular weight is 348 g/mol. The van der Waals surface area contributed by atoms with Gasteiger partial charge in [0.05, 0.1) is 13.2 Å². The van der Waals surface area contributed by atoms with Crippen molar-refractivity contribution in [1.82, 2.24) is 9.88 Å². The van der Waals surface area contributed by atoms with Crippen LogP contribution < -0.4 is 0 Å². The average Bonchev–Trinajstić information content (AvgIpc) is 3.34. The predicted octanol–water partition coefficient (Wildman–Crippen LogP) is 2.88. The molecular formula is C19H28N2O4. The van der Waals surface area contributed by atoms with E-state index in [2.05, 4.69) is 4.98 Å². The molecule has 0 saturated heterocycles. The molecule has 1 aromatic heterocycles. The number of ketones is 1. The van der Waals surface area contributed by atoms with Crippen molar-refractivity contribution in [1.29, 1.82) is 0 Å². The number of carbonyl (C=O) groups is 3. The number of methoxy groups -OCH3 is 1. The third-order valence-corrected chi connectivity index (χ3v) is 4.85. The van der Waals surface area contributed by atoms with Crippen molar-refractivity contribution in [2.75, 3.05) is 13.7 Å². The summed E-state index contributed by atoms with van der Waals surface area (Å²) in [6.45, 7) is 9.58. The zero-order chi connectivity index (χ0) is 18.9. The number of amides is 1. The summed E-state index contributed by atoms with van der Waals surface area (Å²) in [5.41, 5.74) is 1.97. The molecule has 1 aliphatic rings. The Hall–Kier alpha value is -2.11.